The van der Waals surface area contributed by atoms with Crippen LogP contribution in [-0.2, 0) is 12.0 Å². The first kappa shape index (κ1) is 18.7. The fourth-order valence-electron chi connectivity index (χ4n) is 3.63. The topological polar surface area (TPSA) is 25.2 Å². The Balaban J connectivity index is 1.58. The average Bonchev–Trinajstić information content (AvgIpc) is 3.11. The summed E-state index contributed by atoms with van der Waals surface area (Å²) in [5.41, 5.74) is 1.93. The summed E-state index contributed by atoms with van der Waals surface area (Å²) in [6.45, 7) is 8.06. The number of benzene rings is 1. The Hall–Kier alpha value is -2.10. The Morgan fingerprint density at radius 3 is 2.58 bits per heavy atom. The zero-order valence-corrected chi connectivity index (χ0v) is 16.0. The van der Waals surface area contributed by atoms with Crippen LogP contribution in [-0.4, -0.2) is 28.5 Å². The standard InChI is InChI=1S/C22H29FN2O/c1-22(2,3)25-14-12-19(16-25)21(26)24-13-4-5-18(15-24)7-6-17-8-10-20(23)11-9-17/h8-12,14,16,18H,4-7,13,15H2,1-3H3/t18-/m1/s1. The van der Waals surface area contributed by atoms with Crippen LogP contribution in [0.3, 0.4) is 0 Å². The van der Waals surface area contributed by atoms with E-state index < -0.39 is 0 Å². The molecule has 0 radical (unpaired) electrons. The highest BCUT2D eigenvalue weighted by Crippen LogP contribution is 2.24. The van der Waals surface area contributed by atoms with E-state index in [1.807, 2.05) is 35.5 Å². The molecule has 1 aromatic carbocycles. The van der Waals surface area contributed by atoms with E-state index in [0.717, 1.165) is 49.9 Å². The second-order valence-corrected chi connectivity index (χ2v) is 8.40. The summed E-state index contributed by atoms with van der Waals surface area (Å²) in [5.74, 6) is 0.465. The maximum Gasteiger partial charge on any atom is 0.255 e. The van der Waals surface area contributed by atoms with Crippen molar-refractivity contribution in [1.29, 1.82) is 0 Å². The van der Waals surface area contributed by atoms with Crippen LogP contribution in [0, 0.1) is 11.7 Å². The highest BCUT2D eigenvalue weighted by molar-refractivity contribution is 5.94. The number of aromatic nitrogens is 1. The van der Waals surface area contributed by atoms with Gasteiger partial charge in [-0.3, -0.25) is 4.79 Å². The number of hydrogen-bond donors (Lipinski definition) is 0. The van der Waals surface area contributed by atoms with Crippen molar-refractivity contribution in [2.75, 3.05) is 13.1 Å². The predicted molar refractivity (Wildman–Crippen MR) is 103 cm³/mol. The first-order valence-corrected chi connectivity index (χ1v) is 9.55. The van der Waals surface area contributed by atoms with E-state index in [4.69, 9.17) is 0 Å². The molecule has 2 heterocycles. The molecule has 1 saturated heterocycles. The molecule has 4 heteroatoms. The molecule has 0 spiro atoms. The van der Waals surface area contributed by atoms with Crippen molar-refractivity contribution in [3.8, 4) is 0 Å². The maximum absolute atomic E-state index is 13.0. The highest BCUT2D eigenvalue weighted by Gasteiger charge is 2.25. The molecule has 0 N–H and O–H groups in total. The van der Waals surface area contributed by atoms with Crippen LogP contribution in [0.1, 0.15) is 56.0 Å². The zero-order valence-electron chi connectivity index (χ0n) is 16.0. The largest absolute Gasteiger partial charge is 0.348 e. The number of carbonyl (C=O) groups excluding carboxylic acids is 1. The Kier molecular flexibility index (Phi) is 5.49. The lowest BCUT2D eigenvalue weighted by atomic mass is 9.91. The number of hydrogen-bond acceptors (Lipinski definition) is 1. The molecule has 3 nitrogen and oxygen atoms in total. The van der Waals surface area contributed by atoms with Crippen LogP contribution in [0.2, 0.25) is 0 Å². The van der Waals surface area contributed by atoms with E-state index in [9.17, 15) is 9.18 Å². The molecule has 1 atom stereocenters. The number of halogens is 1. The monoisotopic (exact) mass is 356 g/mol. The first-order chi connectivity index (χ1) is 12.3. The number of carbonyl (C=O) groups is 1. The molecule has 1 aliphatic rings. The van der Waals surface area contributed by atoms with Gasteiger partial charge in [-0.1, -0.05) is 12.1 Å². The van der Waals surface area contributed by atoms with Gasteiger partial charge < -0.3 is 9.47 Å². The summed E-state index contributed by atoms with van der Waals surface area (Å²) in [7, 11) is 0. The summed E-state index contributed by atoms with van der Waals surface area (Å²) in [4.78, 5) is 14.9. The van der Waals surface area contributed by atoms with Gasteiger partial charge in [0.15, 0.2) is 0 Å². The highest BCUT2D eigenvalue weighted by atomic mass is 19.1. The van der Waals surface area contributed by atoms with Crippen LogP contribution >= 0.6 is 0 Å². The van der Waals surface area contributed by atoms with Crippen LogP contribution in [0.5, 0.6) is 0 Å². The third-order valence-corrected chi connectivity index (χ3v) is 5.28. The molecule has 26 heavy (non-hydrogen) atoms. The maximum atomic E-state index is 13.0. The third-order valence-electron chi connectivity index (χ3n) is 5.28. The van der Waals surface area contributed by atoms with Crippen molar-refractivity contribution in [2.45, 2.75) is 52.0 Å². The van der Waals surface area contributed by atoms with Gasteiger partial charge in [0.25, 0.3) is 5.91 Å². The van der Waals surface area contributed by atoms with Crippen LogP contribution in [0.25, 0.3) is 0 Å². The fraction of sp³-hybridized carbons (Fsp3) is 0.500. The summed E-state index contributed by atoms with van der Waals surface area (Å²) in [6, 6.07) is 8.68. The van der Waals surface area contributed by atoms with E-state index in [2.05, 4.69) is 25.3 Å². The minimum Gasteiger partial charge on any atom is -0.348 e. The van der Waals surface area contributed by atoms with E-state index in [1.165, 1.54) is 12.1 Å². The van der Waals surface area contributed by atoms with Gasteiger partial charge >= 0.3 is 0 Å². The van der Waals surface area contributed by atoms with Gasteiger partial charge in [-0.05, 0) is 76.1 Å². The third kappa shape index (κ3) is 4.54. The average molecular weight is 356 g/mol. The van der Waals surface area contributed by atoms with Crippen LogP contribution < -0.4 is 0 Å². The molecular weight excluding hydrogens is 327 g/mol. The van der Waals surface area contributed by atoms with Crippen molar-refractivity contribution in [3.05, 3.63) is 59.7 Å². The second-order valence-electron chi connectivity index (χ2n) is 8.40. The second kappa shape index (κ2) is 7.65. The van der Waals surface area contributed by atoms with Crippen molar-refractivity contribution in [3.63, 3.8) is 0 Å². The minimum atomic E-state index is -0.189. The van der Waals surface area contributed by atoms with Gasteiger partial charge in [0, 0.05) is 31.0 Å². The number of aryl methyl sites for hydroxylation is 1. The molecule has 1 aliphatic heterocycles. The fourth-order valence-corrected chi connectivity index (χ4v) is 3.63. The summed E-state index contributed by atoms with van der Waals surface area (Å²) >= 11 is 0. The number of nitrogens with zero attached hydrogens (tertiary/aromatic N) is 2. The Morgan fingerprint density at radius 1 is 1.19 bits per heavy atom. The van der Waals surface area contributed by atoms with Crippen molar-refractivity contribution >= 4 is 5.91 Å². The molecule has 1 aromatic heterocycles. The number of likely N-dealkylation sites (tertiary alicyclic amines) is 1. The molecule has 0 unspecified atom stereocenters. The predicted octanol–water partition coefficient (Wildman–Crippen LogP) is 4.87. The number of rotatable bonds is 4. The normalized spacial score (nSPS) is 18.2. The van der Waals surface area contributed by atoms with Crippen molar-refractivity contribution in [2.24, 2.45) is 5.92 Å². The minimum absolute atomic E-state index is 0.0158. The van der Waals surface area contributed by atoms with Gasteiger partial charge in [0.05, 0.1) is 5.56 Å². The summed E-state index contributed by atoms with van der Waals surface area (Å²) in [5, 5.41) is 0. The molecule has 140 valence electrons. The van der Waals surface area contributed by atoms with Gasteiger partial charge in [-0.2, -0.15) is 0 Å². The van der Waals surface area contributed by atoms with E-state index in [1.54, 1.807) is 0 Å². The van der Waals surface area contributed by atoms with Gasteiger partial charge in [-0.15, -0.1) is 0 Å². The van der Waals surface area contributed by atoms with Crippen molar-refractivity contribution < 1.29 is 9.18 Å². The van der Waals surface area contributed by atoms with Gasteiger partial charge in [0.2, 0.25) is 0 Å². The zero-order chi connectivity index (χ0) is 18.7. The van der Waals surface area contributed by atoms with Crippen molar-refractivity contribution in [1.82, 2.24) is 9.47 Å². The smallest absolute Gasteiger partial charge is 0.255 e. The Bertz CT molecular complexity index is 742. The Morgan fingerprint density at radius 2 is 1.92 bits per heavy atom. The molecule has 0 saturated carbocycles. The SMILES string of the molecule is CC(C)(C)n1ccc(C(=O)N2CCC[C@H](CCc3ccc(F)cc3)C2)c1. The van der Waals surface area contributed by atoms with E-state index >= 15 is 0 Å². The van der Waals surface area contributed by atoms with E-state index in [-0.39, 0.29) is 17.3 Å². The summed E-state index contributed by atoms with van der Waals surface area (Å²) < 4.78 is 15.1. The molecular formula is C22H29FN2O. The van der Waals surface area contributed by atoms with Gasteiger partial charge in [-0.25, -0.2) is 4.39 Å². The lowest BCUT2D eigenvalue weighted by Crippen LogP contribution is -2.40. The van der Waals surface area contributed by atoms with E-state index in [0.29, 0.717) is 5.92 Å². The first-order valence-electron chi connectivity index (χ1n) is 9.55. The molecule has 3 rings (SSSR count). The molecule has 1 amide bonds. The lowest BCUT2D eigenvalue weighted by Gasteiger charge is -2.33. The quantitative estimate of drug-likeness (QED) is 0.767. The van der Waals surface area contributed by atoms with Crippen LogP contribution in [0.4, 0.5) is 4.39 Å². The summed E-state index contributed by atoms with van der Waals surface area (Å²) in [6.07, 6.45) is 8.15. The molecule has 2 aromatic rings. The Labute approximate surface area is 155 Å². The van der Waals surface area contributed by atoms with Crippen LogP contribution in [0.15, 0.2) is 42.7 Å². The molecule has 0 bridgehead atoms. The lowest BCUT2D eigenvalue weighted by molar-refractivity contribution is 0.0668. The number of piperidine rings is 1. The van der Waals surface area contributed by atoms with Gasteiger partial charge in [0.1, 0.15) is 5.82 Å². The molecule has 0 aliphatic carbocycles. The number of amides is 1. The molecule has 1 fully saturated rings.